The lowest BCUT2D eigenvalue weighted by Crippen LogP contribution is -2.61. The molecule has 1 spiro atoms. The predicted molar refractivity (Wildman–Crippen MR) is 92.8 cm³/mol. The summed E-state index contributed by atoms with van der Waals surface area (Å²) in [6.07, 6.45) is 1.96. The summed E-state index contributed by atoms with van der Waals surface area (Å²) >= 11 is 1.23. The summed E-state index contributed by atoms with van der Waals surface area (Å²) in [5.74, 6) is 0.464. The van der Waals surface area contributed by atoms with Gasteiger partial charge in [-0.3, -0.25) is 14.6 Å². The molecule has 4 aliphatic heterocycles. The molecular formula is C17H19N3O3S. The van der Waals surface area contributed by atoms with Crippen LogP contribution < -0.4 is 9.77 Å². The van der Waals surface area contributed by atoms with Crippen molar-refractivity contribution in [2.24, 2.45) is 13.0 Å². The molecule has 0 N–H and O–H groups in total. The maximum Gasteiger partial charge on any atom is 0.415 e. The minimum absolute atomic E-state index is 0.0139. The van der Waals surface area contributed by atoms with Gasteiger partial charge in [0.2, 0.25) is 0 Å². The third kappa shape index (κ3) is 1.91. The Labute approximate surface area is 143 Å². The minimum Gasteiger partial charge on any atom is -0.439 e. The Morgan fingerprint density at radius 1 is 1.21 bits per heavy atom. The van der Waals surface area contributed by atoms with Crippen LogP contribution in [0.25, 0.3) is 10.2 Å². The first kappa shape index (κ1) is 14.5. The maximum atomic E-state index is 12.6. The molecule has 7 heteroatoms. The van der Waals surface area contributed by atoms with Crippen molar-refractivity contribution in [3.05, 3.63) is 27.9 Å². The van der Waals surface area contributed by atoms with Crippen molar-refractivity contribution >= 4 is 33.3 Å². The van der Waals surface area contributed by atoms with Crippen molar-refractivity contribution in [1.82, 2.24) is 9.47 Å². The Bertz CT molecular complexity index is 896. The van der Waals surface area contributed by atoms with Gasteiger partial charge in [0.05, 0.1) is 16.8 Å². The summed E-state index contributed by atoms with van der Waals surface area (Å²) in [5, 5.41) is 0. The Kier molecular flexibility index (Phi) is 2.91. The molecule has 2 aromatic rings. The van der Waals surface area contributed by atoms with Gasteiger partial charge in [-0.05, 0) is 44.1 Å². The van der Waals surface area contributed by atoms with Gasteiger partial charge in [-0.2, -0.15) is 0 Å². The first-order valence-corrected chi connectivity index (χ1v) is 9.20. The molecule has 0 aliphatic carbocycles. The second-order valence-corrected chi connectivity index (χ2v) is 8.14. The standard InChI is InChI=1S/C17H19N3O3S/c1-18-13-8-12(2-3-14(13)24-16(18)22)20-10-17(23-15(20)21)9-19-6-4-11(17)5-7-19/h2-3,8,11H,4-7,9-10H2,1H3/t17-/m1/s1. The molecule has 126 valence electrons. The summed E-state index contributed by atoms with van der Waals surface area (Å²) in [5.41, 5.74) is 1.32. The second-order valence-electron chi connectivity index (χ2n) is 7.15. The minimum atomic E-state index is -0.358. The number of amides is 1. The lowest BCUT2D eigenvalue weighted by molar-refractivity contribution is -0.0881. The number of benzene rings is 1. The Hall–Kier alpha value is -1.86. The van der Waals surface area contributed by atoms with E-state index in [1.54, 1.807) is 16.5 Å². The third-order valence-electron chi connectivity index (χ3n) is 5.85. The van der Waals surface area contributed by atoms with Crippen LogP contribution in [-0.4, -0.2) is 47.3 Å². The van der Waals surface area contributed by atoms with Crippen LogP contribution in [0.5, 0.6) is 0 Å². The first-order valence-electron chi connectivity index (χ1n) is 8.38. The molecule has 2 bridgehead atoms. The van der Waals surface area contributed by atoms with Gasteiger partial charge in [0.15, 0.2) is 0 Å². The number of hydrogen-bond acceptors (Lipinski definition) is 5. The van der Waals surface area contributed by atoms with Crippen molar-refractivity contribution in [3.63, 3.8) is 0 Å². The highest BCUT2D eigenvalue weighted by molar-refractivity contribution is 7.16. The number of fused-ring (bicyclic) bond motifs is 3. The van der Waals surface area contributed by atoms with E-state index in [0.29, 0.717) is 12.5 Å². The van der Waals surface area contributed by atoms with Gasteiger partial charge in [-0.15, -0.1) is 0 Å². The molecule has 0 radical (unpaired) electrons. The molecule has 1 atom stereocenters. The Balaban J connectivity index is 1.52. The van der Waals surface area contributed by atoms with Crippen LogP contribution in [0.1, 0.15) is 12.8 Å². The summed E-state index contributed by atoms with van der Waals surface area (Å²) < 4.78 is 8.49. The van der Waals surface area contributed by atoms with Crippen LogP contribution in [0.3, 0.4) is 0 Å². The predicted octanol–water partition coefficient (Wildman–Crippen LogP) is 2.02. The zero-order chi connectivity index (χ0) is 16.5. The monoisotopic (exact) mass is 345 g/mol. The number of aryl methyl sites for hydroxylation is 1. The van der Waals surface area contributed by atoms with Gasteiger partial charge in [0.25, 0.3) is 0 Å². The summed E-state index contributed by atoms with van der Waals surface area (Å²) in [6.45, 7) is 3.69. The van der Waals surface area contributed by atoms with Crippen LogP contribution in [0.2, 0.25) is 0 Å². The van der Waals surface area contributed by atoms with E-state index in [1.165, 1.54) is 11.3 Å². The number of nitrogens with zero attached hydrogens (tertiary/aromatic N) is 3. The van der Waals surface area contributed by atoms with Crippen LogP contribution in [0.15, 0.2) is 23.0 Å². The largest absolute Gasteiger partial charge is 0.439 e. The fourth-order valence-electron chi connectivity index (χ4n) is 4.49. The van der Waals surface area contributed by atoms with E-state index in [1.807, 2.05) is 18.2 Å². The zero-order valence-corrected chi connectivity index (χ0v) is 14.3. The third-order valence-corrected chi connectivity index (χ3v) is 6.86. The fourth-order valence-corrected chi connectivity index (χ4v) is 5.35. The van der Waals surface area contributed by atoms with E-state index in [2.05, 4.69) is 4.90 Å². The van der Waals surface area contributed by atoms with E-state index in [0.717, 1.165) is 48.4 Å². The van der Waals surface area contributed by atoms with Gasteiger partial charge in [-0.25, -0.2) is 4.79 Å². The van der Waals surface area contributed by atoms with E-state index in [9.17, 15) is 9.59 Å². The molecule has 1 amide bonds. The quantitative estimate of drug-likeness (QED) is 0.793. The van der Waals surface area contributed by atoms with Gasteiger partial charge >= 0.3 is 11.0 Å². The van der Waals surface area contributed by atoms with Crippen molar-refractivity contribution in [3.8, 4) is 0 Å². The molecule has 24 heavy (non-hydrogen) atoms. The van der Waals surface area contributed by atoms with Crippen molar-refractivity contribution < 1.29 is 9.53 Å². The van der Waals surface area contributed by atoms with Crippen LogP contribution in [0, 0.1) is 5.92 Å². The van der Waals surface area contributed by atoms with Crippen molar-refractivity contribution in [2.75, 3.05) is 31.1 Å². The van der Waals surface area contributed by atoms with Gasteiger partial charge in [-0.1, -0.05) is 11.3 Å². The van der Waals surface area contributed by atoms with E-state index in [-0.39, 0.29) is 16.6 Å². The van der Waals surface area contributed by atoms with Crippen molar-refractivity contribution in [2.45, 2.75) is 18.4 Å². The topological polar surface area (TPSA) is 54.8 Å². The number of hydrogen-bond donors (Lipinski definition) is 0. The smallest absolute Gasteiger partial charge is 0.415 e. The molecule has 4 fully saturated rings. The van der Waals surface area contributed by atoms with Crippen molar-refractivity contribution in [1.29, 1.82) is 0 Å². The number of thiazole rings is 1. The highest BCUT2D eigenvalue weighted by Gasteiger charge is 2.55. The lowest BCUT2D eigenvalue weighted by atomic mass is 9.75. The fraction of sp³-hybridized carbons (Fsp3) is 0.529. The molecular weight excluding hydrogens is 326 g/mol. The Morgan fingerprint density at radius 3 is 2.71 bits per heavy atom. The molecule has 0 saturated carbocycles. The number of carbonyl (C=O) groups excluding carboxylic acids is 1. The molecule has 6 nitrogen and oxygen atoms in total. The number of carbonyl (C=O) groups is 1. The van der Waals surface area contributed by atoms with E-state index >= 15 is 0 Å². The van der Waals surface area contributed by atoms with Gasteiger partial charge < -0.3 is 9.30 Å². The van der Waals surface area contributed by atoms with E-state index in [4.69, 9.17) is 4.74 Å². The lowest BCUT2D eigenvalue weighted by Gasteiger charge is -2.49. The number of piperidine rings is 3. The molecule has 4 saturated heterocycles. The van der Waals surface area contributed by atoms with Crippen LogP contribution in [-0.2, 0) is 11.8 Å². The van der Waals surface area contributed by atoms with E-state index < -0.39 is 0 Å². The van der Waals surface area contributed by atoms with Gasteiger partial charge in [0, 0.05) is 25.2 Å². The first-order chi connectivity index (χ1) is 11.6. The molecule has 0 unspecified atom stereocenters. The highest BCUT2D eigenvalue weighted by Crippen LogP contribution is 2.43. The number of ether oxygens (including phenoxy) is 1. The summed E-state index contributed by atoms with van der Waals surface area (Å²) in [6, 6.07) is 5.76. The highest BCUT2D eigenvalue weighted by atomic mass is 32.1. The average Bonchev–Trinajstić information content (AvgIpc) is 3.05. The number of rotatable bonds is 1. The zero-order valence-electron chi connectivity index (χ0n) is 13.5. The van der Waals surface area contributed by atoms with Gasteiger partial charge in [0.1, 0.15) is 5.60 Å². The van der Waals surface area contributed by atoms with Crippen LogP contribution in [0.4, 0.5) is 10.5 Å². The normalized spacial score (nSPS) is 32.0. The maximum absolute atomic E-state index is 12.6. The summed E-state index contributed by atoms with van der Waals surface area (Å²) in [7, 11) is 1.77. The average molecular weight is 345 g/mol. The number of aromatic nitrogens is 1. The number of anilines is 1. The van der Waals surface area contributed by atoms with Crippen LogP contribution >= 0.6 is 11.3 Å². The second kappa shape index (κ2) is 4.83. The molecule has 4 aliphatic rings. The molecule has 5 heterocycles. The summed E-state index contributed by atoms with van der Waals surface area (Å²) in [4.78, 5) is 28.6. The SMILES string of the molecule is Cn1c(=O)sc2ccc(N3C[C@@]4(CN5CCC4CC5)OC3=O)cc21. The Morgan fingerprint density at radius 2 is 2.00 bits per heavy atom. The molecule has 1 aromatic carbocycles. The molecule has 6 rings (SSSR count). The molecule has 1 aromatic heterocycles.